The molecule has 1 aliphatic heterocycles. The highest BCUT2D eigenvalue weighted by molar-refractivity contribution is 8.00. The molecule has 0 amide bonds. The summed E-state index contributed by atoms with van der Waals surface area (Å²) in [5, 5.41) is 9.50. The molecular formula is C15H21NO2S. The minimum atomic E-state index is -0.725. The number of benzene rings is 1. The van der Waals surface area contributed by atoms with Crippen molar-refractivity contribution >= 4 is 23.4 Å². The molecule has 3 nitrogen and oxygen atoms in total. The quantitative estimate of drug-likeness (QED) is 0.898. The number of carboxylic acids is 1. The number of carbonyl (C=O) groups is 1. The standard InChI is InChI=1S/C15H21NO2S/c1-12-14(8-5-11-19-12)16(10-9-15(17)18)13-6-3-2-4-7-13/h2-4,6-7,12,14H,5,8-11H2,1H3,(H,17,18). The summed E-state index contributed by atoms with van der Waals surface area (Å²) >= 11 is 1.99. The topological polar surface area (TPSA) is 40.5 Å². The highest BCUT2D eigenvalue weighted by atomic mass is 32.2. The van der Waals surface area contributed by atoms with Crippen LogP contribution in [-0.2, 0) is 4.79 Å². The van der Waals surface area contributed by atoms with Crippen LogP contribution in [0.1, 0.15) is 26.2 Å². The van der Waals surface area contributed by atoms with E-state index in [1.165, 1.54) is 12.2 Å². The Hall–Kier alpha value is -1.16. The Morgan fingerprint density at radius 1 is 1.42 bits per heavy atom. The van der Waals surface area contributed by atoms with Crippen molar-refractivity contribution in [2.24, 2.45) is 0 Å². The maximum atomic E-state index is 10.9. The van der Waals surface area contributed by atoms with Crippen molar-refractivity contribution in [3.8, 4) is 0 Å². The van der Waals surface area contributed by atoms with Gasteiger partial charge in [0, 0.05) is 23.5 Å². The van der Waals surface area contributed by atoms with Crippen LogP contribution >= 0.6 is 11.8 Å². The molecule has 4 heteroatoms. The van der Waals surface area contributed by atoms with Gasteiger partial charge in [-0.1, -0.05) is 25.1 Å². The Morgan fingerprint density at radius 2 is 2.16 bits per heavy atom. The van der Waals surface area contributed by atoms with Crippen LogP contribution in [-0.4, -0.2) is 34.7 Å². The number of rotatable bonds is 5. The number of nitrogens with zero attached hydrogens (tertiary/aromatic N) is 1. The van der Waals surface area contributed by atoms with Crippen molar-refractivity contribution in [1.82, 2.24) is 0 Å². The van der Waals surface area contributed by atoms with Gasteiger partial charge in [-0.3, -0.25) is 4.79 Å². The minimum absolute atomic E-state index is 0.197. The Kier molecular flexibility index (Phi) is 5.14. The number of anilines is 1. The van der Waals surface area contributed by atoms with E-state index in [4.69, 9.17) is 5.11 Å². The molecule has 19 heavy (non-hydrogen) atoms. The van der Waals surface area contributed by atoms with E-state index in [1.807, 2.05) is 30.0 Å². The molecule has 104 valence electrons. The molecule has 0 bridgehead atoms. The third-order valence-corrected chi connectivity index (χ3v) is 4.99. The molecule has 0 aliphatic carbocycles. The number of hydrogen-bond donors (Lipinski definition) is 1. The zero-order chi connectivity index (χ0) is 13.7. The second-order valence-electron chi connectivity index (χ2n) is 4.96. The minimum Gasteiger partial charge on any atom is -0.481 e. The number of carboxylic acid groups (broad SMARTS) is 1. The van der Waals surface area contributed by atoms with Crippen molar-refractivity contribution in [2.45, 2.75) is 37.5 Å². The second kappa shape index (κ2) is 6.85. The van der Waals surface area contributed by atoms with E-state index in [1.54, 1.807) is 0 Å². The van der Waals surface area contributed by atoms with E-state index in [0.29, 0.717) is 17.8 Å². The third-order valence-electron chi connectivity index (χ3n) is 3.62. The van der Waals surface area contributed by atoms with Gasteiger partial charge in [0.1, 0.15) is 0 Å². The van der Waals surface area contributed by atoms with Crippen LogP contribution in [0.5, 0.6) is 0 Å². The van der Waals surface area contributed by atoms with Crippen LogP contribution in [0.4, 0.5) is 5.69 Å². The molecule has 1 heterocycles. The molecular weight excluding hydrogens is 258 g/mol. The summed E-state index contributed by atoms with van der Waals surface area (Å²) in [6.07, 6.45) is 2.57. The molecule has 2 atom stereocenters. The van der Waals surface area contributed by atoms with Gasteiger partial charge >= 0.3 is 5.97 Å². The molecule has 1 saturated heterocycles. The Morgan fingerprint density at radius 3 is 2.79 bits per heavy atom. The van der Waals surface area contributed by atoms with E-state index in [0.717, 1.165) is 12.1 Å². The fourth-order valence-corrected chi connectivity index (χ4v) is 3.85. The van der Waals surface area contributed by atoms with Crippen LogP contribution in [0, 0.1) is 0 Å². The van der Waals surface area contributed by atoms with E-state index in [9.17, 15) is 4.79 Å². The van der Waals surface area contributed by atoms with Crippen molar-refractivity contribution in [3.63, 3.8) is 0 Å². The lowest BCUT2D eigenvalue weighted by atomic mass is 10.0. The predicted molar refractivity (Wildman–Crippen MR) is 81.0 cm³/mol. The van der Waals surface area contributed by atoms with Crippen molar-refractivity contribution in [1.29, 1.82) is 0 Å². The lowest BCUT2D eigenvalue weighted by Gasteiger charge is -2.39. The smallest absolute Gasteiger partial charge is 0.305 e. The number of hydrogen-bond acceptors (Lipinski definition) is 3. The normalized spacial score (nSPS) is 23.0. The molecule has 1 fully saturated rings. The second-order valence-corrected chi connectivity index (χ2v) is 6.44. The first kappa shape index (κ1) is 14.3. The average Bonchev–Trinajstić information content (AvgIpc) is 2.42. The summed E-state index contributed by atoms with van der Waals surface area (Å²) in [7, 11) is 0. The van der Waals surface area contributed by atoms with Crippen LogP contribution in [0.3, 0.4) is 0 Å². The summed E-state index contributed by atoms with van der Waals surface area (Å²) in [5.74, 6) is 0.496. The first-order valence-electron chi connectivity index (χ1n) is 6.83. The van der Waals surface area contributed by atoms with Gasteiger partial charge in [-0.05, 0) is 30.7 Å². The van der Waals surface area contributed by atoms with E-state index in [-0.39, 0.29) is 6.42 Å². The predicted octanol–water partition coefficient (Wildman–Crippen LogP) is 3.25. The summed E-state index contributed by atoms with van der Waals surface area (Å²) in [4.78, 5) is 13.2. The van der Waals surface area contributed by atoms with Gasteiger partial charge in [-0.25, -0.2) is 0 Å². The monoisotopic (exact) mass is 279 g/mol. The van der Waals surface area contributed by atoms with E-state index < -0.39 is 5.97 Å². The van der Waals surface area contributed by atoms with Crippen LogP contribution < -0.4 is 4.90 Å². The lowest BCUT2D eigenvalue weighted by Crippen LogP contribution is -2.44. The average molecular weight is 279 g/mol. The number of thioether (sulfide) groups is 1. The molecule has 0 aromatic heterocycles. The van der Waals surface area contributed by atoms with Crippen molar-refractivity contribution in [2.75, 3.05) is 17.2 Å². The van der Waals surface area contributed by atoms with Crippen LogP contribution in [0.15, 0.2) is 30.3 Å². The molecule has 0 radical (unpaired) electrons. The zero-order valence-corrected chi connectivity index (χ0v) is 12.1. The molecule has 1 N–H and O–H groups in total. The molecule has 1 aliphatic rings. The Balaban J connectivity index is 2.15. The van der Waals surface area contributed by atoms with Crippen molar-refractivity contribution < 1.29 is 9.90 Å². The van der Waals surface area contributed by atoms with Crippen LogP contribution in [0.2, 0.25) is 0 Å². The summed E-state index contributed by atoms with van der Waals surface area (Å²) < 4.78 is 0. The Bertz CT molecular complexity index is 410. The summed E-state index contributed by atoms with van der Waals surface area (Å²) in [6, 6.07) is 10.6. The fourth-order valence-electron chi connectivity index (χ4n) is 2.64. The highest BCUT2D eigenvalue weighted by Crippen LogP contribution is 2.31. The summed E-state index contributed by atoms with van der Waals surface area (Å²) in [5.41, 5.74) is 1.14. The maximum absolute atomic E-state index is 10.9. The molecule has 1 aromatic rings. The third kappa shape index (κ3) is 3.90. The lowest BCUT2D eigenvalue weighted by molar-refractivity contribution is -0.136. The maximum Gasteiger partial charge on any atom is 0.305 e. The van der Waals surface area contributed by atoms with Gasteiger partial charge in [0.25, 0.3) is 0 Å². The molecule has 2 rings (SSSR count). The highest BCUT2D eigenvalue weighted by Gasteiger charge is 2.28. The SMILES string of the molecule is CC1SCCCC1N(CCC(=O)O)c1ccccc1. The van der Waals surface area contributed by atoms with Gasteiger partial charge in [0.2, 0.25) is 0 Å². The molecule has 0 saturated carbocycles. The van der Waals surface area contributed by atoms with Gasteiger partial charge in [0.15, 0.2) is 0 Å². The fraction of sp³-hybridized carbons (Fsp3) is 0.533. The molecule has 2 unspecified atom stereocenters. The van der Waals surface area contributed by atoms with Crippen LogP contribution in [0.25, 0.3) is 0 Å². The first-order valence-corrected chi connectivity index (χ1v) is 7.88. The number of aliphatic carboxylic acids is 1. The van der Waals surface area contributed by atoms with Gasteiger partial charge in [0.05, 0.1) is 6.42 Å². The zero-order valence-electron chi connectivity index (χ0n) is 11.3. The molecule has 0 spiro atoms. The van der Waals surface area contributed by atoms with Gasteiger partial charge in [-0.2, -0.15) is 11.8 Å². The largest absolute Gasteiger partial charge is 0.481 e. The Labute approximate surface area is 119 Å². The van der Waals surface area contributed by atoms with E-state index >= 15 is 0 Å². The van der Waals surface area contributed by atoms with Gasteiger partial charge < -0.3 is 10.0 Å². The first-order chi connectivity index (χ1) is 9.18. The van der Waals surface area contributed by atoms with Crippen molar-refractivity contribution in [3.05, 3.63) is 30.3 Å². The molecule has 1 aromatic carbocycles. The number of para-hydroxylation sites is 1. The van der Waals surface area contributed by atoms with Gasteiger partial charge in [-0.15, -0.1) is 0 Å². The summed E-state index contributed by atoms with van der Waals surface area (Å²) in [6.45, 7) is 2.85. The van der Waals surface area contributed by atoms with E-state index in [2.05, 4.69) is 24.0 Å².